The van der Waals surface area contributed by atoms with Crippen molar-refractivity contribution in [1.82, 2.24) is 14.9 Å². The minimum absolute atomic E-state index is 0.117. The van der Waals surface area contributed by atoms with Gasteiger partial charge < -0.3 is 15.0 Å². The molecule has 1 atom stereocenters. The number of amides is 2. The van der Waals surface area contributed by atoms with Crippen LogP contribution in [0.15, 0.2) is 35.7 Å². The first-order chi connectivity index (χ1) is 14.2. The van der Waals surface area contributed by atoms with E-state index in [1.807, 2.05) is 18.2 Å². The first-order valence-electron chi connectivity index (χ1n) is 10.2. The molecule has 9 heteroatoms. The van der Waals surface area contributed by atoms with Gasteiger partial charge in [-0.1, -0.05) is 44.2 Å². The van der Waals surface area contributed by atoms with E-state index in [1.165, 1.54) is 6.08 Å². The number of ether oxygens (including phenoxy) is 1. The molecule has 0 radical (unpaired) electrons. The maximum absolute atomic E-state index is 12.8. The van der Waals surface area contributed by atoms with Crippen molar-refractivity contribution < 1.29 is 22.7 Å². The predicted octanol–water partition coefficient (Wildman–Crippen LogP) is 2.34. The van der Waals surface area contributed by atoms with E-state index in [0.29, 0.717) is 32.5 Å². The highest BCUT2D eigenvalue weighted by atomic mass is 32.2. The van der Waals surface area contributed by atoms with Crippen LogP contribution in [-0.4, -0.2) is 57.1 Å². The third-order valence-electron chi connectivity index (χ3n) is 4.85. The summed E-state index contributed by atoms with van der Waals surface area (Å²) in [6.07, 6.45) is 2.33. The molecule has 1 aliphatic heterocycles. The summed E-state index contributed by atoms with van der Waals surface area (Å²) in [5, 5.41) is 3.99. The van der Waals surface area contributed by atoms with Crippen molar-refractivity contribution in [2.45, 2.75) is 45.7 Å². The molecule has 0 spiro atoms. The Morgan fingerprint density at radius 1 is 1.20 bits per heavy atom. The van der Waals surface area contributed by atoms with Gasteiger partial charge in [0, 0.05) is 24.5 Å². The van der Waals surface area contributed by atoms with Crippen molar-refractivity contribution in [3.8, 4) is 0 Å². The molecule has 0 saturated carbocycles. The van der Waals surface area contributed by atoms with E-state index in [1.54, 1.807) is 37.8 Å². The zero-order chi connectivity index (χ0) is 22.1. The molecule has 30 heavy (non-hydrogen) atoms. The molecule has 1 aromatic rings. The fraction of sp³-hybridized carbons (Fsp3) is 0.524. The Hall–Kier alpha value is -2.39. The normalized spacial score (nSPS) is 16.6. The van der Waals surface area contributed by atoms with Crippen molar-refractivity contribution in [2.24, 2.45) is 5.92 Å². The Morgan fingerprint density at radius 2 is 1.83 bits per heavy atom. The molecule has 1 heterocycles. The molecule has 2 amide bonds. The van der Waals surface area contributed by atoms with Gasteiger partial charge in [-0.3, -0.25) is 4.79 Å². The van der Waals surface area contributed by atoms with E-state index >= 15 is 0 Å². The molecule has 0 bridgehead atoms. The fourth-order valence-corrected chi connectivity index (χ4v) is 4.30. The van der Waals surface area contributed by atoms with Gasteiger partial charge in [0.05, 0.1) is 6.61 Å². The number of benzene rings is 1. The van der Waals surface area contributed by atoms with Gasteiger partial charge in [-0.05, 0) is 37.3 Å². The van der Waals surface area contributed by atoms with Gasteiger partial charge in [0.2, 0.25) is 15.9 Å². The third-order valence-corrected chi connectivity index (χ3v) is 5.92. The van der Waals surface area contributed by atoms with Crippen LogP contribution >= 0.6 is 0 Å². The van der Waals surface area contributed by atoms with Gasteiger partial charge in [0.25, 0.3) is 0 Å². The molecule has 1 unspecified atom stereocenters. The average molecular weight is 438 g/mol. The van der Waals surface area contributed by atoms with Crippen LogP contribution < -0.4 is 10.0 Å². The topological polar surface area (TPSA) is 105 Å². The van der Waals surface area contributed by atoms with E-state index < -0.39 is 16.1 Å². The van der Waals surface area contributed by atoms with Crippen molar-refractivity contribution in [3.05, 3.63) is 41.3 Å². The molecular weight excluding hydrogens is 406 g/mol. The molecule has 2 rings (SSSR count). The maximum Gasteiger partial charge on any atom is 0.409 e. The minimum atomic E-state index is -3.80. The summed E-state index contributed by atoms with van der Waals surface area (Å²) < 4.78 is 32.4. The van der Waals surface area contributed by atoms with E-state index in [-0.39, 0.29) is 24.0 Å². The lowest BCUT2D eigenvalue weighted by atomic mass is 10.0. The Labute approximate surface area is 178 Å². The van der Waals surface area contributed by atoms with Crippen molar-refractivity contribution in [1.29, 1.82) is 0 Å². The van der Waals surface area contributed by atoms with Crippen molar-refractivity contribution >= 4 is 28.1 Å². The first kappa shape index (κ1) is 23.9. The lowest BCUT2D eigenvalue weighted by molar-refractivity contribution is -0.124. The standard InChI is InChI=1S/C21H31N3O5S/c1-4-29-21(26)24-13-10-18(11-14-24)22-20(25)19(16(2)3)23-30(27,28)15-12-17-8-6-5-7-9-17/h5-9,12,15-16,18-19,23H,4,10-11,13-14H2,1-3H3,(H,22,25). The van der Waals surface area contributed by atoms with E-state index in [9.17, 15) is 18.0 Å². The number of hydrogen-bond donors (Lipinski definition) is 2. The van der Waals surface area contributed by atoms with Gasteiger partial charge in [-0.25, -0.2) is 13.2 Å². The summed E-state index contributed by atoms with van der Waals surface area (Å²) >= 11 is 0. The van der Waals surface area contributed by atoms with E-state index in [2.05, 4.69) is 10.0 Å². The number of rotatable bonds is 8. The highest BCUT2D eigenvalue weighted by molar-refractivity contribution is 7.92. The van der Waals surface area contributed by atoms with E-state index in [4.69, 9.17) is 4.74 Å². The minimum Gasteiger partial charge on any atom is -0.450 e. The van der Waals surface area contributed by atoms with Crippen LogP contribution in [0, 0.1) is 5.92 Å². The summed E-state index contributed by atoms with van der Waals surface area (Å²) in [6.45, 7) is 6.63. The number of carbonyl (C=O) groups excluding carboxylic acids is 2. The zero-order valence-electron chi connectivity index (χ0n) is 17.7. The lowest BCUT2D eigenvalue weighted by Crippen LogP contribution is -2.54. The van der Waals surface area contributed by atoms with Crippen LogP contribution in [0.4, 0.5) is 4.79 Å². The highest BCUT2D eigenvalue weighted by Gasteiger charge is 2.30. The second-order valence-electron chi connectivity index (χ2n) is 7.57. The summed E-state index contributed by atoms with van der Waals surface area (Å²) in [6, 6.07) is 8.06. The van der Waals surface area contributed by atoms with Gasteiger partial charge in [0.15, 0.2) is 0 Å². The first-order valence-corrected chi connectivity index (χ1v) is 11.7. The zero-order valence-corrected chi connectivity index (χ0v) is 18.5. The lowest BCUT2D eigenvalue weighted by Gasteiger charge is -2.32. The molecule has 1 aromatic carbocycles. The molecule has 2 N–H and O–H groups in total. The Bertz CT molecular complexity index is 831. The Morgan fingerprint density at radius 3 is 2.40 bits per heavy atom. The van der Waals surface area contributed by atoms with Crippen LogP contribution in [0.5, 0.6) is 0 Å². The number of likely N-dealkylation sites (tertiary alicyclic amines) is 1. The molecule has 8 nitrogen and oxygen atoms in total. The van der Waals surface area contributed by atoms with Crippen LogP contribution in [-0.2, 0) is 19.6 Å². The van der Waals surface area contributed by atoms with Gasteiger partial charge >= 0.3 is 6.09 Å². The fourth-order valence-electron chi connectivity index (χ4n) is 3.15. The largest absolute Gasteiger partial charge is 0.450 e. The quantitative estimate of drug-likeness (QED) is 0.650. The Balaban J connectivity index is 1.93. The molecule has 0 aromatic heterocycles. The number of piperidine rings is 1. The smallest absolute Gasteiger partial charge is 0.409 e. The van der Waals surface area contributed by atoms with Crippen LogP contribution in [0.2, 0.25) is 0 Å². The summed E-state index contributed by atoms with van der Waals surface area (Å²) in [7, 11) is -3.80. The average Bonchev–Trinajstić information content (AvgIpc) is 2.72. The monoisotopic (exact) mass is 437 g/mol. The van der Waals surface area contributed by atoms with Crippen molar-refractivity contribution in [3.63, 3.8) is 0 Å². The molecule has 1 saturated heterocycles. The number of nitrogens with zero attached hydrogens (tertiary/aromatic N) is 1. The van der Waals surface area contributed by atoms with Crippen LogP contribution in [0.25, 0.3) is 6.08 Å². The SMILES string of the molecule is CCOC(=O)N1CCC(NC(=O)C(NS(=O)(=O)C=Cc2ccccc2)C(C)C)CC1. The van der Waals surface area contributed by atoms with Crippen molar-refractivity contribution in [2.75, 3.05) is 19.7 Å². The number of nitrogens with one attached hydrogen (secondary N) is 2. The Kier molecular flexibility index (Phi) is 8.86. The van der Waals surface area contributed by atoms with Crippen LogP contribution in [0.1, 0.15) is 39.2 Å². The number of hydrogen-bond acceptors (Lipinski definition) is 5. The number of sulfonamides is 1. The summed E-state index contributed by atoms with van der Waals surface area (Å²) in [5.74, 6) is -0.596. The molecule has 1 aliphatic rings. The summed E-state index contributed by atoms with van der Waals surface area (Å²) in [4.78, 5) is 26.1. The summed E-state index contributed by atoms with van der Waals surface area (Å²) in [5.41, 5.74) is 0.752. The second kappa shape index (κ2) is 11.1. The van der Waals surface area contributed by atoms with E-state index in [0.717, 1.165) is 11.0 Å². The van der Waals surface area contributed by atoms with Gasteiger partial charge in [-0.15, -0.1) is 0 Å². The predicted molar refractivity (Wildman–Crippen MR) is 116 cm³/mol. The number of carbonyl (C=O) groups is 2. The maximum atomic E-state index is 12.8. The van der Waals surface area contributed by atoms with Crippen LogP contribution in [0.3, 0.4) is 0 Å². The molecule has 0 aliphatic carbocycles. The molecule has 1 fully saturated rings. The second-order valence-corrected chi connectivity index (χ2v) is 9.16. The van der Waals surface area contributed by atoms with Gasteiger partial charge in [0.1, 0.15) is 6.04 Å². The third kappa shape index (κ3) is 7.46. The highest BCUT2D eigenvalue weighted by Crippen LogP contribution is 2.13. The van der Waals surface area contributed by atoms with Gasteiger partial charge in [-0.2, -0.15) is 4.72 Å². The molecular formula is C21H31N3O5S. The molecule has 166 valence electrons.